The van der Waals surface area contributed by atoms with Gasteiger partial charge in [-0.15, -0.1) is 22.4 Å². The number of benzene rings is 2. The van der Waals surface area contributed by atoms with Gasteiger partial charge in [0.25, 0.3) is 0 Å². The van der Waals surface area contributed by atoms with Crippen molar-refractivity contribution in [3.05, 3.63) is 88.1 Å². The number of nitrogens with one attached hydrogen (secondary N) is 3. The Morgan fingerprint density at radius 3 is 2.63 bits per heavy atom. The average molecular weight is 577 g/mol. The number of aromatic nitrogens is 2. The number of sulfonamides is 1. The van der Waals surface area contributed by atoms with Crippen LogP contribution in [0.1, 0.15) is 53.6 Å². The molecular weight excluding hydrogens is 548 g/mol. The minimum atomic E-state index is -3.90. The van der Waals surface area contributed by atoms with Crippen molar-refractivity contribution >= 4 is 49.3 Å². The van der Waals surface area contributed by atoms with Gasteiger partial charge in [0, 0.05) is 6.42 Å². The summed E-state index contributed by atoms with van der Waals surface area (Å²) in [6.45, 7) is 3.73. The number of hydrogen-bond acceptors (Lipinski definition) is 6. The van der Waals surface area contributed by atoms with Gasteiger partial charge in [-0.1, -0.05) is 42.5 Å². The number of fused-ring (bicyclic) bond motifs is 1. The zero-order chi connectivity index (χ0) is 27.3. The van der Waals surface area contributed by atoms with Crippen LogP contribution in [-0.2, 0) is 21.2 Å². The number of aryl methyl sites for hydroxylation is 1. The number of H-pyrrole nitrogens is 1. The summed E-state index contributed by atoms with van der Waals surface area (Å²) in [7, 11) is -7.16. The zero-order valence-corrected chi connectivity index (χ0v) is 23.2. The Morgan fingerprint density at radius 2 is 1.97 bits per heavy atom. The van der Waals surface area contributed by atoms with Gasteiger partial charge in [0.2, 0.25) is 15.9 Å². The standard InChI is InChI=1S/C26H29ClN4O5S2/c1-16-5-10-20-21(12-16)29-25(28-20)22(30-37(33,34)19-4-3-11-26(2,27)15-19)13-17-6-8-18(9-7-17)23-14-24(32)31-38(23,35)36/h3-12,22-23,30,35-36H,13-15H2,1-2H3,(H,28,29)(H,31,32)/t22-,23?,26?/m0/s1. The third kappa shape index (κ3) is 5.68. The van der Waals surface area contributed by atoms with Gasteiger partial charge in [-0.05, 0) is 55.2 Å². The molecule has 38 heavy (non-hydrogen) atoms. The van der Waals surface area contributed by atoms with Crippen LogP contribution in [0.15, 0.2) is 65.6 Å². The second kappa shape index (κ2) is 9.82. The maximum absolute atomic E-state index is 13.4. The van der Waals surface area contributed by atoms with Crippen molar-refractivity contribution in [2.24, 2.45) is 0 Å². The number of carbonyl (C=O) groups is 1. The zero-order valence-electron chi connectivity index (χ0n) is 20.8. The molecule has 1 aliphatic carbocycles. The Morgan fingerprint density at radius 1 is 1.24 bits per heavy atom. The van der Waals surface area contributed by atoms with E-state index in [9.17, 15) is 22.3 Å². The number of rotatable bonds is 7. The third-order valence-corrected chi connectivity index (χ3v) is 10.3. The van der Waals surface area contributed by atoms with Gasteiger partial charge in [-0.3, -0.25) is 18.6 Å². The molecule has 12 heteroatoms. The number of carbonyl (C=O) groups excluding carboxylic acids is 1. The molecule has 0 radical (unpaired) electrons. The summed E-state index contributed by atoms with van der Waals surface area (Å²) in [5, 5.41) is -0.729. The molecule has 2 aliphatic rings. The highest BCUT2D eigenvalue weighted by Gasteiger charge is 2.38. The second-order valence-electron chi connectivity index (χ2n) is 10.0. The number of amides is 1. The summed E-state index contributed by atoms with van der Waals surface area (Å²) in [6, 6.07) is 12.1. The Hall–Kier alpha value is -2.67. The first kappa shape index (κ1) is 26.9. The van der Waals surface area contributed by atoms with Crippen molar-refractivity contribution in [1.29, 1.82) is 0 Å². The summed E-state index contributed by atoms with van der Waals surface area (Å²) in [4.78, 5) is 19.0. The SMILES string of the molecule is Cc1ccc2nc([C@H](Cc3ccc(C4CC(=O)NS4(O)O)cc3)NS(=O)(=O)C3=CC=CC(C)(Cl)C3)[nH]c2c1. The molecule has 1 amide bonds. The fourth-order valence-electron chi connectivity index (χ4n) is 4.74. The molecule has 1 saturated heterocycles. The monoisotopic (exact) mass is 576 g/mol. The van der Waals surface area contributed by atoms with Crippen molar-refractivity contribution in [2.45, 2.75) is 49.3 Å². The second-order valence-corrected chi connectivity index (χ2v) is 14.6. The Bertz CT molecular complexity index is 1560. The Kier molecular flexibility index (Phi) is 6.95. The number of halogens is 1. The van der Waals surface area contributed by atoms with Gasteiger partial charge < -0.3 is 4.98 Å². The van der Waals surface area contributed by atoms with E-state index < -0.39 is 42.9 Å². The van der Waals surface area contributed by atoms with Gasteiger partial charge in [0.05, 0.1) is 33.3 Å². The minimum Gasteiger partial charge on any atom is -0.341 e. The van der Waals surface area contributed by atoms with E-state index in [0.29, 0.717) is 11.4 Å². The summed E-state index contributed by atoms with van der Waals surface area (Å²) < 4.78 is 52.4. The van der Waals surface area contributed by atoms with E-state index in [1.165, 1.54) is 0 Å². The molecule has 3 aromatic rings. The molecule has 5 N–H and O–H groups in total. The molecule has 9 nitrogen and oxygen atoms in total. The number of alkyl halides is 1. The van der Waals surface area contributed by atoms with Gasteiger partial charge in [0.1, 0.15) is 11.1 Å². The lowest BCUT2D eigenvalue weighted by atomic mass is 10.0. The van der Waals surface area contributed by atoms with E-state index in [4.69, 9.17) is 11.6 Å². The largest absolute Gasteiger partial charge is 0.341 e. The van der Waals surface area contributed by atoms with Gasteiger partial charge >= 0.3 is 0 Å². The molecule has 0 bridgehead atoms. The first-order valence-corrected chi connectivity index (χ1v) is 15.5. The summed E-state index contributed by atoms with van der Waals surface area (Å²) in [6.07, 6.45) is 5.38. The van der Waals surface area contributed by atoms with Crippen LogP contribution in [0.25, 0.3) is 11.0 Å². The molecule has 5 rings (SSSR count). The van der Waals surface area contributed by atoms with E-state index in [2.05, 4.69) is 19.4 Å². The molecule has 1 aliphatic heterocycles. The predicted octanol–water partition coefficient (Wildman–Crippen LogP) is 5.14. The van der Waals surface area contributed by atoms with E-state index in [1.807, 2.05) is 25.1 Å². The summed E-state index contributed by atoms with van der Waals surface area (Å²) in [5.74, 6) is 0.0622. The van der Waals surface area contributed by atoms with E-state index >= 15 is 0 Å². The van der Waals surface area contributed by atoms with Crippen LogP contribution in [0.3, 0.4) is 0 Å². The van der Waals surface area contributed by atoms with Crippen LogP contribution in [0.5, 0.6) is 0 Å². The molecule has 2 heterocycles. The van der Waals surface area contributed by atoms with E-state index in [1.54, 1.807) is 49.4 Å². The molecule has 0 spiro atoms. The number of nitrogens with zero attached hydrogens (tertiary/aromatic N) is 1. The number of allylic oxidation sites excluding steroid dienone is 4. The van der Waals surface area contributed by atoms with Crippen LogP contribution < -0.4 is 9.44 Å². The van der Waals surface area contributed by atoms with Crippen molar-refractivity contribution in [2.75, 3.05) is 0 Å². The topological polar surface area (TPSA) is 144 Å². The van der Waals surface area contributed by atoms with Crippen LogP contribution >= 0.6 is 22.4 Å². The molecule has 2 aromatic carbocycles. The molecule has 2 unspecified atom stereocenters. The van der Waals surface area contributed by atoms with Crippen LogP contribution in [-0.4, -0.2) is 38.3 Å². The number of aromatic amines is 1. The highest BCUT2D eigenvalue weighted by Crippen LogP contribution is 2.56. The van der Waals surface area contributed by atoms with Gasteiger partial charge in [-0.2, -0.15) is 0 Å². The highest BCUT2D eigenvalue weighted by atomic mass is 35.5. The molecule has 1 aromatic heterocycles. The average Bonchev–Trinajstić information content (AvgIpc) is 3.37. The van der Waals surface area contributed by atoms with Crippen molar-refractivity contribution < 1.29 is 22.3 Å². The lowest BCUT2D eigenvalue weighted by Crippen LogP contribution is -2.34. The van der Waals surface area contributed by atoms with E-state index in [-0.39, 0.29) is 24.2 Å². The molecule has 3 atom stereocenters. The van der Waals surface area contributed by atoms with Crippen molar-refractivity contribution in [3.63, 3.8) is 0 Å². The Balaban J connectivity index is 1.45. The number of hydrogen-bond donors (Lipinski definition) is 5. The molecule has 202 valence electrons. The van der Waals surface area contributed by atoms with Crippen LogP contribution in [0.2, 0.25) is 0 Å². The third-order valence-electron chi connectivity index (χ3n) is 6.70. The fourth-order valence-corrected chi connectivity index (χ4v) is 7.99. The maximum atomic E-state index is 13.4. The first-order valence-electron chi connectivity index (χ1n) is 12.0. The molecule has 1 fully saturated rings. The van der Waals surface area contributed by atoms with Gasteiger partial charge in [0.15, 0.2) is 0 Å². The molecule has 0 saturated carbocycles. The van der Waals surface area contributed by atoms with E-state index in [0.717, 1.165) is 22.2 Å². The highest BCUT2D eigenvalue weighted by molar-refractivity contribution is 8.23. The van der Waals surface area contributed by atoms with Crippen molar-refractivity contribution in [1.82, 2.24) is 19.4 Å². The predicted molar refractivity (Wildman–Crippen MR) is 150 cm³/mol. The quantitative estimate of drug-likeness (QED) is 0.246. The summed E-state index contributed by atoms with van der Waals surface area (Å²) >= 11 is 6.42. The van der Waals surface area contributed by atoms with Gasteiger partial charge in [-0.25, -0.2) is 18.1 Å². The van der Waals surface area contributed by atoms with Crippen LogP contribution in [0, 0.1) is 6.92 Å². The fraction of sp³-hybridized carbons (Fsp3) is 0.308. The maximum Gasteiger partial charge on any atom is 0.240 e. The lowest BCUT2D eigenvalue weighted by Gasteiger charge is -2.32. The van der Waals surface area contributed by atoms with Crippen molar-refractivity contribution in [3.8, 4) is 0 Å². The lowest BCUT2D eigenvalue weighted by molar-refractivity contribution is -0.118. The number of imidazole rings is 1. The summed E-state index contributed by atoms with van der Waals surface area (Å²) in [5.41, 5.74) is 3.99. The normalized spacial score (nSPS) is 24.7. The smallest absolute Gasteiger partial charge is 0.240 e. The molecular formula is C26H29ClN4O5S2. The first-order chi connectivity index (χ1) is 17.8. The Labute approximate surface area is 227 Å². The minimum absolute atomic E-state index is 0.00838. The van der Waals surface area contributed by atoms with Crippen LogP contribution in [0.4, 0.5) is 0 Å².